The summed E-state index contributed by atoms with van der Waals surface area (Å²) in [5.74, 6) is -0.909. The molecule has 1 N–H and O–H groups in total. The number of nitrogens with one attached hydrogen (secondary N) is 1. The summed E-state index contributed by atoms with van der Waals surface area (Å²) in [4.78, 5) is 28.3. The van der Waals surface area contributed by atoms with Crippen molar-refractivity contribution in [2.24, 2.45) is 0 Å². The minimum atomic E-state index is -4.20. The maximum Gasteiger partial charge on any atom is 0.264 e. The molecule has 2 amide bonds. The third-order valence-corrected chi connectivity index (χ3v) is 9.12. The van der Waals surface area contributed by atoms with Crippen molar-refractivity contribution < 1.29 is 18.0 Å². The molecule has 0 fully saturated rings. The van der Waals surface area contributed by atoms with Gasteiger partial charge in [0.1, 0.15) is 12.6 Å². The molecule has 7 nitrogen and oxygen atoms in total. The molecule has 0 aliphatic heterocycles. The molecule has 3 aromatic rings. The highest BCUT2D eigenvalue weighted by Crippen LogP contribution is 2.31. The second-order valence-electron chi connectivity index (χ2n) is 9.39. The second-order valence-corrected chi connectivity index (χ2v) is 12.5. The number of aryl methyl sites for hydroxylation is 1. The van der Waals surface area contributed by atoms with Gasteiger partial charge in [0.15, 0.2) is 0 Å². The van der Waals surface area contributed by atoms with Gasteiger partial charge in [-0.1, -0.05) is 78.0 Å². The van der Waals surface area contributed by atoms with Crippen molar-refractivity contribution in [3.05, 3.63) is 92.9 Å². The van der Waals surface area contributed by atoms with Crippen molar-refractivity contribution in [3.63, 3.8) is 0 Å². The van der Waals surface area contributed by atoms with E-state index in [1.165, 1.54) is 35.2 Å². The molecule has 0 aliphatic rings. The van der Waals surface area contributed by atoms with Crippen LogP contribution in [0.2, 0.25) is 15.1 Å². The van der Waals surface area contributed by atoms with E-state index in [1.54, 1.807) is 43.3 Å². The number of unbranched alkanes of at least 4 members (excludes halogenated alkanes) is 1. The number of halogens is 3. The van der Waals surface area contributed by atoms with Gasteiger partial charge in [-0.2, -0.15) is 0 Å². The van der Waals surface area contributed by atoms with Gasteiger partial charge in [0.25, 0.3) is 10.0 Å². The molecule has 0 spiro atoms. The fourth-order valence-corrected chi connectivity index (χ4v) is 5.74. The van der Waals surface area contributed by atoms with Gasteiger partial charge < -0.3 is 10.2 Å². The minimum absolute atomic E-state index is 0.00609. The topological polar surface area (TPSA) is 86.8 Å². The molecule has 0 aliphatic carbocycles. The number of hydrogen-bond acceptors (Lipinski definition) is 4. The quantitative estimate of drug-likeness (QED) is 0.234. The standard InChI is InChI=1S/C29H32Cl3N3O4S/c1-4-5-16-33-29(37)21(3)34(18-22-8-10-23(30)11-9-22)28(36)19-35(24-12-15-26(31)27(32)17-24)40(38,39)25-13-6-20(2)7-14-25/h6-15,17,21H,4-5,16,18-19H2,1-3H3,(H,33,37)/t21-/m0/s1. The number of rotatable bonds is 12. The first-order chi connectivity index (χ1) is 18.9. The predicted octanol–water partition coefficient (Wildman–Crippen LogP) is 6.48. The van der Waals surface area contributed by atoms with Crippen molar-refractivity contribution in [1.82, 2.24) is 10.2 Å². The van der Waals surface area contributed by atoms with Gasteiger partial charge in [0, 0.05) is 18.1 Å². The predicted molar refractivity (Wildman–Crippen MR) is 162 cm³/mol. The van der Waals surface area contributed by atoms with Gasteiger partial charge in [0.2, 0.25) is 11.8 Å². The molecule has 0 saturated heterocycles. The number of sulfonamides is 1. The van der Waals surface area contributed by atoms with Crippen LogP contribution in [0.3, 0.4) is 0 Å². The van der Waals surface area contributed by atoms with Crippen molar-refractivity contribution in [3.8, 4) is 0 Å². The fraction of sp³-hybridized carbons (Fsp3) is 0.310. The maximum atomic E-state index is 13.9. The largest absolute Gasteiger partial charge is 0.354 e. The summed E-state index contributed by atoms with van der Waals surface area (Å²) in [7, 11) is -4.20. The lowest BCUT2D eigenvalue weighted by molar-refractivity contribution is -0.139. The number of anilines is 1. The Kier molecular flexibility index (Phi) is 11.3. The molecular formula is C29H32Cl3N3O4S. The number of benzene rings is 3. The van der Waals surface area contributed by atoms with Crippen molar-refractivity contribution in [2.75, 3.05) is 17.4 Å². The Morgan fingerprint density at radius 2 is 1.57 bits per heavy atom. The zero-order valence-electron chi connectivity index (χ0n) is 22.5. The van der Waals surface area contributed by atoms with E-state index >= 15 is 0 Å². The fourth-order valence-electron chi connectivity index (χ4n) is 3.91. The van der Waals surface area contributed by atoms with E-state index < -0.39 is 28.5 Å². The highest BCUT2D eigenvalue weighted by atomic mass is 35.5. The van der Waals surface area contributed by atoms with Crippen molar-refractivity contribution >= 4 is 62.3 Å². The summed E-state index contributed by atoms with van der Waals surface area (Å²) in [5.41, 5.74) is 1.77. The molecular weight excluding hydrogens is 593 g/mol. The highest BCUT2D eigenvalue weighted by Gasteiger charge is 2.32. The van der Waals surface area contributed by atoms with Gasteiger partial charge in [-0.15, -0.1) is 0 Å². The summed E-state index contributed by atoms with van der Waals surface area (Å²) in [6.07, 6.45) is 1.70. The molecule has 0 bridgehead atoms. The SMILES string of the molecule is CCCCNC(=O)[C@H](C)N(Cc1ccc(Cl)cc1)C(=O)CN(c1ccc(Cl)c(Cl)c1)S(=O)(=O)c1ccc(C)cc1. The van der Waals surface area contributed by atoms with Crippen LogP contribution >= 0.6 is 34.8 Å². The first kappa shape index (κ1) is 31.7. The normalized spacial score (nSPS) is 12.1. The molecule has 0 aromatic heterocycles. The third kappa shape index (κ3) is 8.13. The summed E-state index contributed by atoms with van der Waals surface area (Å²) in [6.45, 7) is 5.44. The molecule has 40 heavy (non-hydrogen) atoms. The molecule has 0 unspecified atom stereocenters. The first-order valence-electron chi connectivity index (χ1n) is 12.8. The lowest BCUT2D eigenvalue weighted by atomic mass is 10.1. The van der Waals surface area contributed by atoms with E-state index in [0.29, 0.717) is 11.6 Å². The Balaban J connectivity index is 2.02. The first-order valence-corrected chi connectivity index (χ1v) is 15.4. The van der Waals surface area contributed by atoms with Gasteiger partial charge >= 0.3 is 0 Å². The smallest absolute Gasteiger partial charge is 0.264 e. The number of carbonyl (C=O) groups is 2. The van der Waals surface area contributed by atoms with Crippen LogP contribution in [0.15, 0.2) is 71.6 Å². The van der Waals surface area contributed by atoms with Crippen LogP contribution in [0.4, 0.5) is 5.69 Å². The van der Waals surface area contributed by atoms with Gasteiger partial charge in [0.05, 0.1) is 20.6 Å². The number of carbonyl (C=O) groups excluding carboxylic acids is 2. The summed E-state index contributed by atoms with van der Waals surface area (Å²) in [5, 5.41) is 3.76. The molecule has 3 aromatic carbocycles. The second kappa shape index (κ2) is 14.2. The summed E-state index contributed by atoms with van der Waals surface area (Å²) in [6, 6.07) is 16.7. The lowest BCUT2D eigenvalue weighted by Gasteiger charge is -2.32. The van der Waals surface area contributed by atoms with Crippen LogP contribution in [0.25, 0.3) is 0 Å². The van der Waals surface area contributed by atoms with E-state index in [2.05, 4.69) is 5.32 Å². The molecule has 1 atom stereocenters. The van der Waals surface area contributed by atoms with E-state index in [1.807, 2.05) is 13.8 Å². The van der Waals surface area contributed by atoms with Crippen LogP contribution in [-0.2, 0) is 26.2 Å². The van der Waals surface area contributed by atoms with Crippen LogP contribution in [0.1, 0.15) is 37.8 Å². The Bertz CT molecular complexity index is 1430. The number of hydrogen-bond donors (Lipinski definition) is 1. The molecule has 214 valence electrons. The third-order valence-electron chi connectivity index (χ3n) is 6.34. The molecule has 3 rings (SSSR count). The van der Waals surface area contributed by atoms with Crippen molar-refractivity contribution in [2.45, 2.75) is 51.1 Å². The monoisotopic (exact) mass is 623 g/mol. The Morgan fingerprint density at radius 1 is 0.925 bits per heavy atom. The molecule has 0 radical (unpaired) electrons. The molecule has 0 saturated carbocycles. The zero-order chi connectivity index (χ0) is 29.4. The minimum Gasteiger partial charge on any atom is -0.354 e. The van der Waals surface area contributed by atoms with Crippen molar-refractivity contribution in [1.29, 1.82) is 0 Å². The van der Waals surface area contributed by atoms with E-state index in [0.717, 1.165) is 28.3 Å². The van der Waals surface area contributed by atoms with Gasteiger partial charge in [-0.25, -0.2) is 8.42 Å². The van der Waals surface area contributed by atoms with Crippen LogP contribution in [0.5, 0.6) is 0 Å². The average Bonchev–Trinajstić information content (AvgIpc) is 2.92. The maximum absolute atomic E-state index is 13.9. The molecule has 11 heteroatoms. The van der Waals surface area contributed by atoms with E-state index in [4.69, 9.17) is 34.8 Å². The summed E-state index contributed by atoms with van der Waals surface area (Å²) < 4.78 is 28.7. The van der Waals surface area contributed by atoms with Gasteiger partial charge in [-0.05, 0) is 68.3 Å². The average molecular weight is 625 g/mol. The van der Waals surface area contributed by atoms with Crippen LogP contribution in [-0.4, -0.2) is 44.3 Å². The Labute approximate surface area is 251 Å². The number of amides is 2. The Morgan fingerprint density at radius 3 is 2.17 bits per heavy atom. The van der Waals surface area contributed by atoms with E-state index in [-0.39, 0.29) is 33.1 Å². The molecule has 0 heterocycles. The van der Waals surface area contributed by atoms with Crippen LogP contribution in [0, 0.1) is 6.92 Å². The highest BCUT2D eigenvalue weighted by molar-refractivity contribution is 7.92. The Hall–Kier alpha value is -2.78. The number of nitrogens with zero attached hydrogens (tertiary/aromatic N) is 2. The summed E-state index contributed by atoms with van der Waals surface area (Å²) >= 11 is 18.4. The zero-order valence-corrected chi connectivity index (χ0v) is 25.6. The van der Waals surface area contributed by atoms with Crippen LogP contribution < -0.4 is 9.62 Å². The lowest BCUT2D eigenvalue weighted by Crippen LogP contribution is -2.51. The van der Waals surface area contributed by atoms with Gasteiger partial charge in [-0.3, -0.25) is 13.9 Å². The van der Waals surface area contributed by atoms with E-state index in [9.17, 15) is 18.0 Å².